The van der Waals surface area contributed by atoms with Gasteiger partial charge in [0.05, 0.1) is 0 Å². The Morgan fingerprint density at radius 3 is 1.91 bits per heavy atom. The normalized spacial score (nSPS) is 13.0. The highest BCUT2D eigenvalue weighted by atomic mass is 16.4. The summed E-state index contributed by atoms with van der Waals surface area (Å²) in [6.07, 6.45) is 9.46. The van der Waals surface area contributed by atoms with Gasteiger partial charge in [-0.05, 0) is 18.7 Å². The number of hydrogen-bond donors (Lipinski definition) is 1. The van der Waals surface area contributed by atoms with Crippen LogP contribution < -0.4 is 10.2 Å². The highest BCUT2D eigenvalue weighted by Crippen LogP contribution is 2.10. The topological polar surface area (TPSA) is 113 Å². The first-order valence-electron chi connectivity index (χ1n) is 8.13. The van der Waals surface area contributed by atoms with Gasteiger partial charge in [0.1, 0.15) is 0 Å². The molecule has 128 valence electrons. The summed E-state index contributed by atoms with van der Waals surface area (Å²) in [5, 5.41) is 30.6. The summed E-state index contributed by atoms with van der Waals surface area (Å²) in [6.45, 7) is 2.18. The molecule has 0 rings (SSSR count). The molecule has 0 saturated carbocycles. The molecule has 0 radical (unpaired) electrons. The van der Waals surface area contributed by atoms with Gasteiger partial charge >= 0.3 is 5.97 Å². The van der Waals surface area contributed by atoms with Crippen LogP contribution >= 0.6 is 0 Å². The minimum atomic E-state index is -1.53. The van der Waals surface area contributed by atoms with Crippen molar-refractivity contribution in [2.24, 2.45) is 4.99 Å². The lowest BCUT2D eigenvalue weighted by molar-refractivity contribution is -0.306. The fourth-order valence-corrected chi connectivity index (χ4v) is 2.17. The first-order chi connectivity index (χ1) is 10.5. The Hall–Kier alpha value is -1.59. The highest BCUT2D eigenvalue weighted by molar-refractivity contribution is 5.83. The van der Waals surface area contributed by atoms with E-state index in [2.05, 4.69) is 11.9 Å². The number of nitrogens with zero attached hydrogens (tertiary/aromatic N) is 1. The van der Waals surface area contributed by atoms with Crippen LogP contribution in [0.4, 0.5) is 0 Å². The molecule has 0 amide bonds. The number of carboxylic acid groups (broad SMARTS) is 2. The molecule has 0 heterocycles. The molecule has 22 heavy (non-hydrogen) atoms. The molecule has 1 N–H and O–H groups in total. The lowest BCUT2D eigenvalue weighted by atomic mass is 10.1. The standard InChI is InChI=1S/C16H29NO5/c1-2-3-4-5-6-7-8-9-10-11-14(18)17-13(16(21)22)12-15(19)20/h13H,2-12H2,1H3,(H,17,18)(H,19,20)(H,21,22)/p-2. The van der Waals surface area contributed by atoms with E-state index >= 15 is 0 Å². The van der Waals surface area contributed by atoms with E-state index in [0.717, 1.165) is 19.3 Å². The summed E-state index contributed by atoms with van der Waals surface area (Å²) < 4.78 is 0. The first-order valence-corrected chi connectivity index (χ1v) is 8.13. The van der Waals surface area contributed by atoms with Crippen LogP contribution in [0.5, 0.6) is 0 Å². The molecular formula is C16H27NO5-2. The Labute approximate surface area is 132 Å². The Bertz CT molecular complexity index is 354. The average Bonchev–Trinajstić information content (AvgIpc) is 2.44. The summed E-state index contributed by atoms with van der Waals surface area (Å²) >= 11 is 0. The summed E-state index contributed by atoms with van der Waals surface area (Å²) in [6, 6.07) is -1.53. The Kier molecular flexibility index (Phi) is 12.2. The van der Waals surface area contributed by atoms with Crippen LogP contribution in [0.15, 0.2) is 4.99 Å². The molecule has 0 aliphatic heterocycles. The zero-order chi connectivity index (χ0) is 16.8. The number of aliphatic carboxylic acids is 2. The van der Waals surface area contributed by atoms with Gasteiger partial charge in [-0.3, -0.25) is 4.99 Å². The SMILES string of the molecule is CCCCCCCCCCCC([O-])=NC(CC(=O)[O-])C(=O)O. The Morgan fingerprint density at radius 2 is 1.45 bits per heavy atom. The van der Waals surface area contributed by atoms with Crippen molar-refractivity contribution in [3.8, 4) is 0 Å². The molecule has 0 saturated heterocycles. The summed E-state index contributed by atoms with van der Waals surface area (Å²) in [5.41, 5.74) is 0. The molecule has 1 atom stereocenters. The van der Waals surface area contributed by atoms with E-state index in [4.69, 9.17) is 5.11 Å². The second-order valence-electron chi connectivity index (χ2n) is 5.53. The summed E-state index contributed by atoms with van der Waals surface area (Å²) in [5.74, 6) is -3.48. The van der Waals surface area contributed by atoms with E-state index in [1.54, 1.807) is 0 Å². The van der Waals surface area contributed by atoms with Gasteiger partial charge in [-0.1, -0.05) is 58.3 Å². The zero-order valence-corrected chi connectivity index (χ0v) is 13.4. The third kappa shape index (κ3) is 12.2. The van der Waals surface area contributed by atoms with Crippen molar-refractivity contribution in [1.29, 1.82) is 0 Å². The van der Waals surface area contributed by atoms with E-state index in [9.17, 15) is 19.8 Å². The van der Waals surface area contributed by atoms with Crippen LogP contribution in [0.2, 0.25) is 0 Å². The van der Waals surface area contributed by atoms with Crippen LogP contribution in [0.1, 0.15) is 77.6 Å². The molecule has 6 heteroatoms. The number of carboxylic acids is 2. The smallest absolute Gasteiger partial charge is 0.328 e. The number of rotatable bonds is 14. The second kappa shape index (κ2) is 13.1. The van der Waals surface area contributed by atoms with Crippen LogP contribution in [-0.2, 0) is 9.59 Å². The van der Waals surface area contributed by atoms with Gasteiger partial charge in [0, 0.05) is 12.4 Å². The predicted molar refractivity (Wildman–Crippen MR) is 80.3 cm³/mol. The van der Waals surface area contributed by atoms with Crippen molar-refractivity contribution < 1.29 is 24.9 Å². The van der Waals surface area contributed by atoms with Gasteiger partial charge in [0.15, 0.2) is 6.04 Å². The molecule has 6 nitrogen and oxygen atoms in total. The van der Waals surface area contributed by atoms with Crippen molar-refractivity contribution in [2.75, 3.05) is 0 Å². The minimum absolute atomic E-state index is 0.173. The van der Waals surface area contributed by atoms with Crippen molar-refractivity contribution in [2.45, 2.75) is 83.6 Å². The number of hydrogen-bond acceptors (Lipinski definition) is 5. The lowest BCUT2D eigenvalue weighted by Crippen LogP contribution is -2.33. The quantitative estimate of drug-likeness (QED) is 0.295. The van der Waals surface area contributed by atoms with Crippen LogP contribution in [-0.4, -0.2) is 29.0 Å². The molecule has 0 aromatic heterocycles. The lowest BCUT2D eigenvalue weighted by Gasteiger charge is -2.15. The maximum Gasteiger partial charge on any atom is 0.328 e. The molecule has 1 unspecified atom stereocenters. The van der Waals surface area contributed by atoms with Crippen LogP contribution in [0, 0.1) is 0 Å². The van der Waals surface area contributed by atoms with E-state index in [-0.39, 0.29) is 6.42 Å². The summed E-state index contributed by atoms with van der Waals surface area (Å²) in [4.78, 5) is 24.6. The van der Waals surface area contributed by atoms with E-state index in [0.29, 0.717) is 6.42 Å². The first kappa shape index (κ1) is 20.4. The molecule has 0 aliphatic carbocycles. The number of unbranched alkanes of at least 4 members (excludes halogenated alkanes) is 8. The van der Waals surface area contributed by atoms with E-state index < -0.39 is 30.3 Å². The Balaban J connectivity index is 3.78. The fourth-order valence-electron chi connectivity index (χ4n) is 2.17. The second-order valence-corrected chi connectivity index (χ2v) is 5.53. The van der Waals surface area contributed by atoms with Gasteiger partial charge in [0.2, 0.25) is 0 Å². The molecule has 0 aromatic carbocycles. The van der Waals surface area contributed by atoms with Crippen molar-refractivity contribution in [1.82, 2.24) is 0 Å². The maximum absolute atomic E-state index is 11.5. The van der Waals surface area contributed by atoms with Crippen LogP contribution in [0.3, 0.4) is 0 Å². The number of carbonyl (C=O) groups excluding carboxylic acids is 1. The zero-order valence-electron chi connectivity index (χ0n) is 13.4. The third-order valence-electron chi connectivity index (χ3n) is 3.44. The van der Waals surface area contributed by atoms with E-state index in [1.165, 1.54) is 32.1 Å². The predicted octanol–water partition coefficient (Wildman–Crippen LogP) is 1.26. The van der Waals surface area contributed by atoms with Gasteiger partial charge in [-0.15, -0.1) is 0 Å². The molecular weight excluding hydrogens is 286 g/mol. The largest absolute Gasteiger partial charge is 0.862 e. The van der Waals surface area contributed by atoms with Crippen LogP contribution in [0.25, 0.3) is 0 Å². The van der Waals surface area contributed by atoms with E-state index in [1.807, 2.05) is 0 Å². The summed E-state index contributed by atoms with van der Waals surface area (Å²) in [7, 11) is 0. The third-order valence-corrected chi connectivity index (χ3v) is 3.44. The van der Waals surface area contributed by atoms with Gasteiger partial charge < -0.3 is 20.1 Å². The Morgan fingerprint density at radius 1 is 0.955 bits per heavy atom. The van der Waals surface area contributed by atoms with Crippen molar-refractivity contribution in [3.63, 3.8) is 0 Å². The van der Waals surface area contributed by atoms with Gasteiger partial charge in [-0.2, -0.15) is 0 Å². The highest BCUT2D eigenvalue weighted by Gasteiger charge is 2.15. The molecule has 0 fully saturated rings. The molecule has 0 aromatic rings. The van der Waals surface area contributed by atoms with Crippen molar-refractivity contribution >= 4 is 17.8 Å². The maximum atomic E-state index is 11.5. The van der Waals surface area contributed by atoms with Gasteiger partial charge in [-0.25, -0.2) is 4.79 Å². The molecule has 0 spiro atoms. The van der Waals surface area contributed by atoms with Crippen molar-refractivity contribution in [3.05, 3.63) is 0 Å². The number of carbonyl (C=O) groups is 2. The fraction of sp³-hybridized carbons (Fsp3) is 0.812. The number of aliphatic imine (C=N–C) groups is 1. The van der Waals surface area contributed by atoms with Gasteiger partial charge in [0.25, 0.3) is 0 Å². The molecule has 0 aliphatic rings. The minimum Gasteiger partial charge on any atom is -0.862 e. The monoisotopic (exact) mass is 313 g/mol. The molecule has 0 bridgehead atoms. The average molecular weight is 313 g/mol.